The van der Waals surface area contributed by atoms with E-state index in [1.54, 1.807) is 0 Å². The number of hydrogen-bond acceptors (Lipinski definition) is 6. The van der Waals surface area contributed by atoms with Crippen molar-refractivity contribution in [2.75, 3.05) is 23.4 Å². The zero-order valence-electron chi connectivity index (χ0n) is 13.3. The molecule has 0 spiro atoms. The Morgan fingerprint density at radius 1 is 1.33 bits per heavy atom. The number of aromatic nitrogens is 1. The molecule has 1 aromatic heterocycles. The Hall–Kier alpha value is -1.02. The topological polar surface area (TPSA) is 76.3 Å². The highest BCUT2D eigenvalue weighted by molar-refractivity contribution is 7.90. The Morgan fingerprint density at radius 2 is 2.08 bits per heavy atom. The number of fused-ring (bicyclic) bond motifs is 1. The number of hydrogen-bond donors (Lipinski definition) is 1. The van der Waals surface area contributed by atoms with Gasteiger partial charge in [0.2, 0.25) is 0 Å². The van der Waals surface area contributed by atoms with Crippen LogP contribution in [0.2, 0.25) is 0 Å². The number of rotatable bonds is 4. The summed E-state index contributed by atoms with van der Waals surface area (Å²) in [5.74, 6) is 0.0151. The summed E-state index contributed by atoms with van der Waals surface area (Å²) in [7, 11) is -3.03. The van der Waals surface area contributed by atoms with Gasteiger partial charge in [-0.2, -0.15) is 0 Å². The zero-order chi connectivity index (χ0) is 15.7. The molecular formula is C15H21Cl2N3O2S2. The Bertz CT molecular complexity index is 794. The minimum absolute atomic E-state index is 0. The number of nitrogens with zero attached hydrogens (tertiary/aromatic N) is 2. The van der Waals surface area contributed by atoms with Gasteiger partial charge in [-0.15, -0.1) is 36.2 Å². The second-order valence-corrected chi connectivity index (χ2v) is 8.76. The number of sulfone groups is 1. The summed E-state index contributed by atoms with van der Waals surface area (Å²) >= 11 is 1.41. The summed E-state index contributed by atoms with van der Waals surface area (Å²) in [5, 5.41) is 2.60. The second-order valence-electron chi connectivity index (χ2n) is 5.67. The van der Waals surface area contributed by atoms with Crippen LogP contribution < -0.4 is 10.6 Å². The third-order valence-electron chi connectivity index (χ3n) is 3.72. The Kier molecular flexibility index (Phi) is 7.34. The fraction of sp³-hybridized carbons (Fsp3) is 0.400. The van der Waals surface area contributed by atoms with E-state index in [4.69, 9.17) is 5.73 Å². The van der Waals surface area contributed by atoms with E-state index < -0.39 is 9.84 Å². The molecule has 0 fully saturated rings. The Balaban J connectivity index is 0.00000144. The number of thiazole rings is 1. The monoisotopic (exact) mass is 409 g/mol. The van der Waals surface area contributed by atoms with Gasteiger partial charge in [-0.25, -0.2) is 13.4 Å². The lowest BCUT2D eigenvalue weighted by molar-refractivity contribution is 0.601. The molecule has 2 heterocycles. The van der Waals surface area contributed by atoms with Gasteiger partial charge in [0.15, 0.2) is 9.84 Å². The van der Waals surface area contributed by atoms with E-state index in [1.165, 1.54) is 28.8 Å². The van der Waals surface area contributed by atoms with E-state index in [-0.39, 0.29) is 30.6 Å². The van der Waals surface area contributed by atoms with Crippen LogP contribution in [-0.4, -0.2) is 26.2 Å². The van der Waals surface area contributed by atoms with Crippen LogP contribution in [0.1, 0.15) is 22.7 Å². The quantitative estimate of drug-likeness (QED) is 0.784. The first kappa shape index (κ1) is 21.0. The minimum atomic E-state index is -3.03. The summed E-state index contributed by atoms with van der Waals surface area (Å²) in [6.07, 6.45) is 3.31. The third-order valence-corrected chi connectivity index (χ3v) is 5.60. The molecule has 134 valence electrons. The summed E-state index contributed by atoms with van der Waals surface area (Å²) in [5.41, 5.74) is 10.2. The van der Waals surface area contributed by atoms with Crippen LogP contribution in [0.5, 0.6) is 0 Å². The molecule has 1 aliphatic rings. The van der Waals surface area contributed by atoms with Crippen molar-refractivity contribution in [1.29, 1.82) is 0 Å². The normalized spacial score (nSPS) is 13.6. The molecule has 9 heteroatoms. The molecule has 0 saturated heterocycles. The first-order chi connectivity index (χ1) is 10.4. The molecule has 5 nitrogen and oxygen atoms in total. The number of halogens is 2. The Labute approximate surface area is 159 Å². The van der Waals surface area contributed by atoms with Crippen molar-refractivity contribution < 1.29 is 8.42 Å². The van der Waals surface area contributed by atoms with Crippen molar-refractivity contribution in [1.82, 2.24) is 4.98 Å². The number of nitrogen functional groups attached to an aromatic ring is 1. The highest BCUT2D eigenvalue weighted by Gasteiger charge is 2.19. The van der Waals surface area contributed by atoms with Gasteiger partial charge >= 0.3 is 0 Å². The van der Waals surface area contributed by atoms with Gasteiger partial charge in [0, 0.05) is 29.6 Å². The maximum atomic E-state index is 11.3. The molecule has 0 radical (unpaired) electrons. The van der Waals surface area contributed by atoms with Gasteiger partial charge in [-0.3, -0.25) is 0 Å². The minimum Gasteiger partial charge on any atom is -0.398 e. The first-order valence-corrected chi connectivity index (χ1v) is 10.1. The van der Waals surface area contributed by atoms with Crippen LogP contribution in [0.15, 0.2) is 23.6 Å². The zero-order valence-corrected chi connectivity index (χ0v) is 16.5. The molecule has 24 heavy (non-hydrogen) atoms. The van der Waals surface area contributed by atoms with Crippen LogP contribution in [0.4, 0.5) is 11.4 Å². The maximum Gasteiger partial charge on any atom is 0.153 e. The average molecular weight is 410 g/mol. The van der Waals surface area contributed by atoms with Crippen molar-refractivity contribution in [2.45, 2.75) is 25.1 Å². The molecule has 1 aromatic carbocycles. The highest BCUT2D eigenvalue weighted by atomic mass is 35.5. The van der Waals surface area contributed by atoms with Crippen LogP contribution in [0.3, 0.4) is 0 Å². The Morgan fingerprint density at radius 3 is 2.79 bits per heavy atom. The summed E-state index contributed by atoms with van der Waals surface area (Å²) in [6.45, 7) is 1.66. The molecule has 0 aliphatic carbocycles. The average Bonchev–Trinajstić information content (AvgIpc) is 2.85. The molecule has 0 atom stereocenters. The van der Waals surface area contributed by atoms with E-state index in [1.807, 2.05) is 17.5 Å². The van der Waals surface area contributed by atoms with E-state index in [0.717, 1.165) is 30.8 Å². The highest BCUT2D eigenvalue weighted by Crippen LogP contribution is 2.32. The maximum absolute atomic E-state index is 11.3. The molecule has 1 aliphatic heterocycles. The largest absolute Gasteiger partial charge is 0.398 e. The van der Waals surface area contributed by atoms with Crippen molar-refractivity contribution in [2.24, 2.45) is 0 Å². The molecular weight excluding hydrogens is 389 g/mol. The lowest BCUT2D eigenvalue weighted by atomic mass is 10.00. The second kappa shape index (κ2) is 8.38. The molecule has 0 amide bonds. The van der Waals surface area contributed by atoms with Gasteiger partial charge in [-0.05, 0) is 30.5 Å². The fourth-order valence-corrected chi connectivity index (χ4v) is 4.80. The predicted octanol–water partition coefficient (Wildman–Crippen LogP) is 3.07. The lowest BCUT2D eigenvalue weighted by Gasteiger charge is -2.31. The van der Waals surface area contributed by atoms with Gasteiger partial charge in [0.25, 0.3) is 0 Å². The molecule has 0 bridgehead atoms. The molecule has 0 unspecified atom stereocenters. The first-order valence-electron chi connectivity index (χ1n) is 7.16. The number of anilines is 2. The molecule has 2 N–H and O–H groups in total. The van der Waals surface area contributed by atoms with Crippen LogP contribution >= 0.6 is 36.2 Å². The van der Waals surface area contributed by atoms with Crippen molar-refractivity contribution in [3.63, 3.8) is 0 Å². The van der Waals surface area contributed by atoms with E-state index in [0.29, 0.717) is 11.6 Å². The van der Waals surface area contributed by atoms with Crippen molar-refractivity contribution >= 4 is 57.4 Å². The standard InChI is InChI=1S/C15H19N3O2S2.2ClH/c1-22(19,20)10-15-17-11(9-21-15)8-18-7-3-4-12-13(16)5-2-6-14(12)18;;/h2,5-6,9H,3-4,7-8,10,16H2,1H3;2*1H. The smallest absolute Gasteiger partial charge is 0.153 e. The van der Waals surface area contributed by atoms with Gasteiger partial charge in [0.1, 0.15) is 10.8 Å². The van der Waals surface area contributed by atoms with Crippen LogP contribution in [0, 0.1) is 0 Å². The van der Waals surface area contributed by atoms with Gasteiger partial charge in [0.05, 0.1) is 12.2 Å². The fourth-order valence-electron chi connectivity index (χ4n) is 2.80. The molecule has 3 rings (SSSR count). The van der Waals surface area contributed by atoms with E-state index in [2.05, 4.69) is 16.0 Å². The predicted molar refractivity (Wildman–Crippen MR) is 105 cm³/mol. The van der Waals surface area contributed by atoms with E-state index in [9.17, 15) is 8.42 Å². The lowest BCUT2D eigenvalue weighted by Crippen LogP contribution is -2.29. The SMILES string of the molecule is CS(=O)(=O)Cc1nc(CN2CCCc3c(N)cccc32)cs1.Cl.Cl. The van der Waals surface area contributed by atoms with Crippen LogP contribution in [-0.2, 0) is 28.6 Å². The summed E-state index contributed by atoms with van der Waals surface area (Å²) in [6, 6.07) is 6.01. The number of nitrogens with two attached hydrogens (primary N) is 1. The van der Waals surface area contributed by atoms with Gasteiger partial charge in [-0.1, -0.05) is 6.07 Å². The molecule has 0 saturated carbocycles. The summed E-state index contributed by atoms with van der Waals surface area (Å²) in [4.78, 5) is 6.72. The third kappa shape index (κ3) is 4.99. The van der Waals surface area contributed by atoms with Crippen molar-refractivity contribution in [3.05, 3.63) is 39.8 Å². The van der Waals surface area contributed by atoms with Crippen molar-refractivity contribution in [3.8, 4) is 0 Å². The molecule has 2 aromatic rings. The van der Waals surface area contributed by atoms with E-state index >= 15 is 0 Å². The van der Waals surface area contributed by atoms with Crippen LogP contribution in [0.25, 0.3) is 0 Å². The number of benzene rings is 1. The van der Waals surface area contributed by atoms with Gasteiger partial charge < -0.3 is 10.6 Å². The summed E-state index contributed by atoms with van der Waals surface area (Å²) < 4.78 is 22.7.